The Morgan fingerprint density at radius 2 is 2.17 bits per heavy atom. The predicted molar refractivity (Wildman–Crippen MR) is 84.0 cm³/mol. The normalized spacial score (nSPS) is 16.0. The third kappa shape index (κ3) is 5.11. The van der Waals surface area contributed by atoms with Crippen molar-refractivity contribution in [2.75, 3.05) is 20.1 Å². The van der Waals surface area contributed by atoms with Crippen molar-refractivity contribution in [3.8, 4) is 0 Å². The summed E-state index contributed by atoms with van der Waals surface area (Å²) >= 11 is 0. The summed E-state index contributed by atoms with van der Waals surface area (Å²) in [6.07, 6.45) is -0.291. The first-order valence-corrected chi connectivity index (χ1v) is 7.51. The first kappa shape index (κ1) is 17.0. The fourth-order valence-electron chi connectivity index (χ4n) is 2.01. The number of nitrogens with one attached hydrogen (secondary N) is 2. The fraction of sp³-hybridized carbons (Fsp3) is 0.714. The van der Waals surface area contributed by atoms with Crippen LogP contribution in [0.15, 0.2) is 9.52 Å². The maximum atomic E-state index is 11.9. The molecule has 9 nitrogen and oxygen atoms in total. The molecule has 2 N–H and O–H groups in total. The third-order valence-corrected chi connectivity index (χ3v) is 3.08. The molecule has 1 aromatic rings. The second kappa shape index (κ2) is 6.84. The summed E-state index contributed by atoms with van der Waals surface area (Å²) in [7, 11) is 1.68. The minimum atomic E-state index is -0.476. The van der Waals surface area contributed by atoms with Crippen LogP contribution in [0.25, 0.3) is 0 Å². The molecule has 0 bridgehead atoms. The van der Waals surface area contributed by atoms with E-state index in [-0.39, 0.29) is 12.1 Å². The number of nitrogens with zero attached hydrogens (tertiary/aromatic N) is 4. The summed E-state index contributed by atoms with van der Waals surface area (Å²) in [5.41, 5.74) is -0.476. The van der Waals surface area contributed by atoms with Gasteiger partial charge in [-0.05, 0) is 20.8 Å². The molecule has 0 spiro atoms. The fourth-order valence-corrected chi connectivity index (χ4v) is 2.01. The quantitative estimate of drug-likeness (QED) is 0.621. The molecular weight excluding hydrogens is 300 g/mol. The number of hydrogen-bond acceptors (Lipinski definition) is 6. The highest BCUT2D eigenvalue weighted by molar-refractivity contribution is 5.80. The molecule has 0 aromatic carbocycles. The number of rotatable bonds is 3. The number of guanidine groups is 1. The molecule has 1 aromatic heterocycles. The van der Waals surface area contributed by atoms with Gasteiger partial charge in [-0.1, -0.05) is 5.16 Å². The predicted octanol–water partition coefficient (Wildman–Crippen LogP) is 0.662. The lowest BCUT2D eigenvalue weighted by Crippen LogP contribution is -2.63. The summed E-state index contributed by atoms with van der Waals surface area (Å²) in [5, 5.41) is 10.1. The van der Waals surface area contributed by atoms with E-state index in [4.69, 9.17) is 9.26 Å². The molecule has 1 aliphatic rings. The van der Waals surface area contributed by atoms with Crippen LogP contribution in [0.5, 0.6) is 0 Å². The zero-order chi connectivity index (χ0) is 17.0. The van der Waals surface area contributed by atoms with Gasteiger partial charge in [-0.15, -0.1) is 0 Å². The number of hydrogen-bond donors (Lipinski definition) is 2. The van der Waals surface area contributed by atoms with Crippen LogP contribution in [0.3, 0.4) is 0 Å². The van der Waals surface area contributed by atoms with E-state index in [2.05, 4.69) is 25.8 Å². The second-order valence-electron chi connectivity index (χ2n) is 6.38. The van der Waals surface area contributed by atoms with E-state index < -0.39 is 5.60 Å². The Kier molecular flexibility index (Phi) is 5.07. The highest BCUT2D eigenvalue weighted by atomic mass is 16.6. The van der Waals surface area contributed by atoms with Gasteiger partial charge in [0.15, 0.2) is 11.8 Å². The molecule has 2 heterocycles. The summed E-state index contributed by atoms with van der Waals surface area (Å²) in [4.78, 5) is 21.8. The van der Waals surface area contributed by atoms with Crippen LogP contribution >= 0.6 is 0 Å². The lowest BCUT2D eigenvalue weighted by atomic mass is 10.1. The van der Waals surface area contributed by atoms with Gasteiger partial charge in [-0.2, -0.15) is 4.98 Å². The summed E-state index contributed by atoms with van der Waals surface area (Å²) in [5.74, 6) is 1.72. The van der Waals surface area contributed by atoms with Crippen LogP contribution in [0, 0.1) is 6.92 Å². The molecule has 0 aliphatic carbocycles. The Hall–Kier alpha value is -2.32. The van der Waals surface area contributed by atoms with Crippen molar-refractivity contribution in [2.45, 2.75) is 45.9 Å². The Bertz CT molecular complexity index is 571. The van der Waals surface area contributed by atoms with Crippen LogP contribution in [0.2, 0.25) is 0 Å². The summed E-state index contributed by atoms with van der Waals surface area (Å²) in [6, 6.07) is 0.140. The van der Waals surface area contributed by atoms with Gasteiger partial charge in [-0.3, -0.25) is 4.99 Å². The van der Waals surface area contributed by atoms with Crippen LogP contribution in [-0.2, 0) is 11.3 Å². The zero-order valence-electron chi connectivity index (χ0n) is 14.2. The Balaban J connectivity index is 1.72. The highest BCUT2D eigenvalue weighted by Gasteiger charge is 2.34. The number of carbonyl (C=O) groups excluding carboxylic acids is 1. The minimum absolute atomic E-state index is 0.140. The monoisotopic (exact) mass is 324 g/mol. The van der Waals surface area contributed by atoms with E-state index in [0.29, 0.717) is 37.3 Å². The SMILES string of the molecule is CN=C(NCc1noc(C)n1)NC1CN(C(=O)OC(C)(C)C)C1. The Labute approximate surface area is 135 Å². The number of aromatic nitrogens is 2. The highest BCUT2D eigenvalue weighted by Crippen LogP contribution is 2.15. The van der Waals surface area contributed by atoms with Gasteiger partial charge >= 0.3 is 6.09 Å². The van der Waals surface area contributed by atoms with E-state index in [1.165, 1.54) is 0 Å². The first-order valence-electron chi connectivity index (χ1n) is 7.51. The van der Waals surface area contributed by atoms with E-state index in [1.807, 2.05) is 20.8 Å². The topological polar surface area (TPSA) is 105 Å². The van der Waals surface area contributed by atoms with E-state index in [1.54, 1.807) is 18.9 Å². The molecule has 1 amide bonds. The molecule has 9 heteroatoms. The van der Waals surface area contributed by atoms with Gasteiger partial charge in [0.2, 0.25) is 5.89 Å². The largest absolute Gasteiger partial charge is 0.444 e. The van der Waals surface area contributed by atoms with Gasteiger partial charge in [-0.25, -0.2) is 4.79 Å². The molecule has 0 unspecified atom stereocenters. The van der Waals surface area contributed by atoms with E-state index in [9.17, 15) is 4.79 Å². The van der Waals surface area contributed by atoms with Gasteiger partial charge in [0.25, 0.3) is 0 Å². The van der Waals surface area contributed by atoms with Gasteiger partial charge in [0.1, 0.15) is 5.60 Å². The van der Waals surface area contributed by atoms with Crippen molar-refractivity contribution < 1.29 is 14.1 Å². The average Bonchev–Trinajstić information content (AvgIpc) is 2.80. The van der Waals surface area contributed by atoms with Gasteiger partial charge in [0, 0.05) is 27.1 Å². The molecule has 1 fully saturated rings. The lowest BCUT2D eigenvalue weighted by molar-refractivity contribution is 0.00701. The smallest absolute Gasteiger partial charge is 0.410 e. The standard InChI is InChI=1S/C14H24N6O3/c1-9-17-11(19-23-9)6-16-12(15-5)18-10-7-20(8-10)13(21)22-14(2,3)4/h10H,6-8H2,1-5H3,(H2,15,16,18). The molecule has 2 rings (SSSR count). The van der Waals surface area contributed by atoms with Crippen LogP contribution in [0.4, 0.5) is 4.79 Å². The number of ether oxygens (including phenoxy) is 1. The zero-order valence-corrected chi connectivity index (χ0v) is 14.2. The molecule has 0 radical (unpaired) electrons. The van der Waals surface area contributed by atoms with Crippen LogP contribution in [-0.4, -0.2) is 58.9 Å². The molecule has 0 saturated carbocycles. The van der Waals surface area contributed by atoms with Crippen molar-refractivity contribution in [3.63, 3.8) is 0 Å². The van der Waals surface area contributed by atoms with E-state index in [0.717, 1.165) is 0 Å². The molecular formula is C14H24N6O3. The van der Waals surface area contributed by atoms with Crippen molar-refractivity contribution in [1.82, 2.24) is 25.7 Å². The van der Waals surface area contributed by atoms with Gasteiger partial charge < -0.3 is 24.8 Å². The van der Waals surface area contributed by atoms with Crippen molar-refractivity contribution in [3.05, 3.63) is 11.7 Å². The maximum Gasteiger partial charge on any atom is 0.410 e. The minimum Gasteiger partial charge on any atom is -0.444 e. The molecule has 1 saturated heterocycles. The van der Waals surface area contributed by atoms with Crippen molar-refractivity contribution in [1.29, 1.82) is 0 Å². The number of carbonyl (C=O) groups is 1. The van der Waals surface area contributed by atoms with E-state index >= 15 is 0 Å². The van der Waals surface area contributed by atoms with Crippen LogP contribution in [0.1, 0.15) is 32.5 Å². The Morgan fingerprint density at radius 3 is 2.70 bits per heavy atom. The average molecular weight is 324 g/mol. The van der Waals surface area contributed by atoms with Crippen molar-refractivity contribution in [2.24, 2.45) is 4.99 Å². The van der Waals surface area contributed by atoms with Crippen LogP contribution < -0.4 is 10.6 Å². The first-order chi connectivity index (χ1) is 10.8. The summed E-state index contributed by atoms with van der Waals surface area (Å²) in [6.45, 7) is 8.88. The number of likely N-dealkylation sites (tertiary alicyclic amines) is 1. The van der Waals surface area contributed by atoms with Gasteiger partial charge in [0.05, 0.1) is 12.6 Å². The molecule has 23 heavy (non-hydrogen) atoms. The molecule has 1 aliphatic heterocycles. The van der Waals surface area contributed by atoms with Crippen molar-refractivity contribution >= 4 is 12.1 Å². The third-order valence-electron chi connectivity index (χ3n) is 3.08. The Morgan fingerprint density at radius 1 is 1.48 bits per heavy atom. The summed E-state index contributed by atoms with van der Waals surface area (Å²) < 4.78 is 10.2. The lowest BCUT2D eigenvalue weighted by Gasteiger charge is -2.40. The molecule has 128 valence electrons. The number of aliphatic imine (C=N–C) groups is 1. The molecule has 0 atom stereocenters. The second-order valence-corrected chi connectivity index (χ2v) is 6.38. The number of aryl methyl sites for hydroxylation is 1. The maximum absolute atomic E-state index is 11.9. The number of amides is 1.